The highest BCUT2D eigenvalue weighted by Crippen LogP contribution is 2.19. The number of carbonyl (C=O) groups excluding carboxylic acids is 2. The second-order valence-corrected chi connectivity index (χ2v) is 23.2. The van der Waals surface area contributed by atoms with E-state index in [1.165, 1.54) is 302 Å². The van der Waals surface area contributed by atoms with Crippen LogP contribution in [0.3, 0.4) is 0 Å². The van der Waals surface area contributed by atoms with Crippen molar-refractivity contribution in [2.45, 2.75) is 392 Å². The minimum atomic E-state index is -0.669. The summed E-state index contributed by atoms with van der Waals surface area (Å²) < 4.78 is 5.50. The second kappa shape index (κ2) is 63.1. The first-order chi connectivity index (χ1) is 36.0. The van der Waals surface area contributed by atoms with Crippen LogP contribution in [0.25, 0.3) is 0 Å². The number of nitrogens with one attached hydrogen (secondary N) is 1. The second-order valence-electron chi connectivity index (χ2n) is 23.2. The minimum Gasteiger partial charge on any atom is -0.466 e. The van der Waals surface area contributed by atoms with Crippen LogP contribution in [0.1, 0.15) is 380 Å². The van der Waals surface area contributed by atoms with E-state index in [4.69, 9.17) is 4.74 Å². The number of esters is 1. The lowest BCUT2D eigenvalue weighted by atomic mass is 10.0. The monoisotopic (exact) mass is 1030 g/mol. The molecule has 0 aromatic heterocycles. The molecule has 73 heavy (non-hydrogen) atoms. The summed E-state index contributed by atoms with van der Waals surface area (Å²) in [5, 5.41) is 23.4. The third-order valence-electron chi connectivity index (χ3n) is 15.8. The number of hydrogen-bond donors (Lipinski definition) is 3. The van der Waals surface area contributed by atoms with E-state index in [0.717, 1.165) is 44.9 Å². The maximum absolute atomic E-state index is 12.5. The van der Waals surface area contributed by atoms with Crippen molar-refractivity contribution in [2.75, 3.05) is 13.2 Å². The Hall–Kier alpha value is -1.40. The van der Waals surface area contributed by atoms with Crippen LogP contribution in [-0.2, 0) is 14.3 Å². The molecule has 0 aromatic carbocycles. The molecule has 6 nitrogen and oxygen atoms in total. The van der Waals surface area contributed by atoms with Gasteiger partial charge in [-0.25, -0.2) is 0 Å². The normalized spacial score (nSPS) is 12.5. The quantitative estimate of drug-likeness (QED) is 0.0320. The zero-order valence-electron chi connectivity index (χ0n) is 49.6. The zero-order chi connectivity index (χ0) is 52.9. The minimum absolute atomic E-state index is 0.00385. The maximum Gasteiger partial charge on any atom is 0.305 e. The predicted molar refractivity (Wildman–Crippen MR) is 320 cm³/mol. The Balaban J connectivity index is 3.40. The van der Waals surface area contributed by atoms with Crippen molar-refractivity contribution in [2.24, 2.45) is 0 Å². The van der Waals surface area contributed by atoms with E-state index in [-0.39, 0.29) is 18.5 Å². The Kier molecular flexibility index (Phi) is 61.9. The van der Waals surface area contributed by atoms with Crippen LogP contribution in [0.5, 0.6) is 0 Å². The van der Waals surface area contributed by atoms with E-state index < -0.39 is 12.1 Å². The molecule has 2 unspecified atom stereocenters. The highest BCUT2D eigenvalue weighted by Gasteiger charge is 2.20. The van der Waals surface area contributed by atoms with E-state index in [2.05, 4.69) is 31.3 Å². The Morgan fingerprint density at radius 1 is 0.370 bits per heavy atom. The molecular weight excluding hydrogens is 899 g/mol. The van der Waals surface area contributed by atoms with Crippen LogP contribution in [0.4, 0.5) is 0 Å². The van der Waals surface area contributed by atoms with Gasteiger partial charge < -0.3 is 20.3 Å². The van der Waals surface area contributed by atoms with Crippen LogP contribution in [0, 0.1) is 0 Å². The van der Waals surface area contributed by atoms with Crippen molar-refractivity contribution in [3.05, 3.63) is 12.2 Å². The fourth-order valence-electron chi connectivity index (χ4n) is 10.7. The van der Waals surface area contributed by atoms with Gasteiger partial charge in [0, 0.05) is 12.8 Å². The van der Waals surface area contributed by atoms with E-state index in [9.17, 15) is 19.8 Å². The highest BCUT2D eigenvalue weighted by molar-refractivity contribution is 5.76. The molecule has 0 heterocycles. The lowest BCUT2D eigenvalue weighted by Gasteiger charge is -2.22. The number of unbranched alkanes of at least 4 members (excludes halogenated alkanes) is 50. The molecule has 0 radical (unpaired) electrons. The van der Waals surface area contributed by atoms with Gasteiger partial charge in [-0.3, -0.25) is 9.59 Å². The molecule has 0 aliphatic heterocycles. The molecule has 3 N–H and O–H groups in total. The van der Waals surface area contributed by atoms with Crippen LogP contribution < -0.4 is 5.32 Å². The first-order valence-corrected chi connectivity index (χ1v) is 33.4. The molecule has 0 spiro atoms. The van der Waals surface area contributed by atoms with Gasteiger partial charge in [0.2, 0.25) is 5.91 Å². The van der Waals surface area contributed by atoms with Gasteiger partial charge in [0.15, 0.2) is 0 Å². The molecule has 0 bridgehead atoms. The Labute approximate surface area is 457 Å². The predicted octanol–water partition coefficient (Wildman–Crippen LogP) is 21.2. The summed E-state index contributed by atoms with van der Waals surface area (Å²) in [5.74, 6) is -0.0320. The topological polar surface area (TPSA) is 95.9 Å². The molecule has 0 rings (SSSR count). The van der Waals surface area contributed by atoms with E-state index in [1.807, 2.05) is 0 Å². The molecular formula is C67H131NO5. The summed E-state index contributed by atoms with van der Waals surface area (Å²) in [6.45, 7) is 4.98. The first-order valence-electron chi connectivity index (χ1n) is 33.4. The lowest BCUT2D eigenvalue weighted by Crippen LogP contribution is -2.45. The van der Waals surface area contributed by atoms with Gasteiger partial charge in [-0.15, -0.1) is 0 Å². The molecule has 0 saturated heterocycles. The standard InChI is InChI=1S/C67H131NO5/c1-3-5-7-9-11-13-15-17-19-21-23-24-25-27-31-35-39-43-47-51-55-59-65(70)64(63-69)68-66(71)60-56-52-48-44-40-36-32-28-26-30-34-38-42-46-50-54-58-62-73-67(72)61-57-53-49-45-41-37-33-29-22-20-18-16-14-12-10-8-6-4-2/h20,22,64-65,69-70H,3-19,21,23-63H2,1-2H3,(H,68,71)/b22-20-. The van der Waals surface area contributed by atoms with Crippen LogP contribution in [-0.4, -0.2) is 47.4 Å². The molecule has 0 aliphatic rings. The number of hydrogen-bond acceptors (Lipinski definition) is 5. The number of carbonyl (C=O) groups is 2. The summed E-state index contributed by atoms with van der Waals surface area (Å²) in [7, 11) is 0. The van der Waals surface area contributed by atoms with Crippen molar-refractivity contribution < 1.29 is 24.5 Å². The third kappa shape index (κ3) is 59.7. The highest BCUT2D eigenvalue weighted by atomic mass is 16.5. The molecule has 0 aromatic rings. The van der Waals surface area contributed by atoms with Gasteiger partial charge in [0.25, 0.3) is 0 Å². The number of rotatable bonds is 63. The van der Waals surface area contributed by atoms with Crippen LogP contribution in [0.15, 0.2) is 12.2 Å². The molecule has 6 heteroatoms. The van der Waals surface area contributed by atoms with Gasteiger partial charge in [-0.1, -0.05) is 328 Å². The molecule has 0 saturated carbocycles. The first kappa shape index (κ1) is 71.6. The molecule has 0 aliphatic carbocycles. The maximum atomic E-state index is 12.5. The van der Waals surface area contributed by atoms with Gasteiger partial charge >= 0.3 is 5.97 Å². The van der Waals surface area contributed by atoms with Crippen molar-refractivity contribution in [3.8, 4) is 0 Å². The smallest absolute Gasteiger partial charge is 0.305 e. The summed E-state index contributed by atoms with van der Waals surface area (Å²) in [6.07, 6.45) is 76.6. The molecule has 434 valence electrons. The van der Waals surface area contributed by atoms with Crippen LogP contribution in [0.2, 0.25) is 0 Å². The lowest BCUT2D eigenvalue weighted by molar-refractivity contribution is -0.143. The largest absolute Gasteiger partial charge is 0.466 e. The Bertz CT molecular complexity index is 1100. The summed E-state index contributed by atoms with van der Waals surface area (Å²) in [4.78, 5) is 24.6. The van der Waals surface area contributed by atoms with E-state index in [0.29, 0.717) is 25.9 Å². The Morgan fingerprint density at radius 2 is 0.644 bits per heavy atom. The van der Waals surface area contributed by atoms with Crippen molar-refractivity contribution >= 4 is 11.9 Å². The van der Waals surface area contributed by atoms with Crippen molar-refractivity contribution in [1.82, 2.24) is 5.32 Å². The van der Waals surface area contributed by atoms with Crippen molar-refractivity contribution in [3.63, 3.8) is 0 Å². The summed E-state index contributed by atoms with van der Waals surface area (Å²) in [6, 6.07) is -0.546. The van der Waals surface area contributed by atoms with Gasteiger partial charge in [-0.05, 0) is 51.4 Å². The summed E-state index contributed by atoms with van der Waals surface area (Å²) in [5.41, 5.74) is 0. The zero-order valence-corrected chi connectivity index (χ0v) is 49.6. The average molecular weight is 1030 g/mol. The average Bonchev–Trinajstić information content (AvgIpc) is 3.39. The van der Waals surface area contributed by atoms with Gasteiger partial charge in [0.1, 0.15) is 0 Å². The number of ether oxygens (including phenoxy) is 1. The van der Waals surface area contributed by atoms with E-state index in [1.54, 1.807) is 0 Å². The number of allylic oxidation sites excluding steroid dienone is 2. The summed E-state index contributed by atoms with van der Waals surface area (Å²) >= 11 is 0. The number of aliphatic hydroxyl groups is 2. The molecule has 0 fully saturated rings. The van der Waals surface area contributed by atoms with Gasteiger partial charge in [0.05, 0.1) is 25.4 Å². The number of amides is 1. The van der Waals surface area contributed by atoms with Gasteiger partial charge in [-0.2, -0.15) is 0 Å². The Morgan fingerprint density at radius 3 is 0.973 bits per heavy atom. The number of aliphatic hydroxyl groups excluding tert-OH is 2. The molecule has 2 atom stereocenters. The van der Waals surface area contributed by atoms with E-state index >= 15 is 0 Å². The van der Waals surface area contributed by atoms with Crippen LogP contribution >= 0.6 is 0 Å². The third-order valence-corrected chi connectivity index (χ3v) is 15.8. The van der Waals surface area contributed by atoms with Crippen molar-refractivity contribution in [1.29, 1.82) is 0 Å². The fraction of sp³-hybridized carbons (Fsp3) is 0.940. The fourth-order valence-corrected chi connectivity index (χ4v) is 10.7. The molecule has 1 amide bonds. The SMILES string of the molecule is CCCCCCCCC/C=C\CCCCCCCCCC(=O)OCCCCCCCCCCCCCCCCCCCC(=O)NC(CO)C(O)CCCCCCCCCCCCCCCCCCCCCCC.